The molecule has 0 bridgehead atoms. The van der Waals surface area contributed by atoms with Gasteiger partial charge in [-0.1, -0.05) is 164 Å². The summed E-state index contributed by atoms with van der Waals surface area (Å²) in [6, 6.07) is 65.7. The molecular formula is C51H31N3O. The molecule has 9 aromatic carbocycles. The second-order valence-corrected chi connectivity index (χ2v) is 14.0. The van der Waals surface area contributed by atoms with Crippen LogP contribution in [0.15, 0.2) is 192 Å². The smallest absolute Gasteiger partial charge is 0.164 e. The maximum absolute atomic E-state index is 6.55. The fourth-order valence-corrected chi connectivity index (χ4v) is 8.08. The highest BCUT2D eigenvalue weighted by Crippen LogP contribution is 2.40. The number of benzene rings is 9. The average molecular weight is 702 g/mol. The first-order valence-electron chi connectivity index (χ1n) is 18.5. The number of hydrogen-bond acceptors (Lipinski definition) is 4. The first kappa shape index (κ1) is 31.1. The third-order valence-corrected chi connectivity index (χ3v) is 10.7. The van der Waals surface area contributed by atoms with E-state index in [1.807, 2.05) is 42.5 Å². The average Bonchev–Trinajstić information content (AvgIpc) is 3.65. The molecule has 0 radical (unpaired) electrons. The van der Waals surface area contributed by atoms with E-state index in [2.05, 4.69) is 146 Å². The van der Waals surface area contributed by atoms with Crippen LogP contribution in [0.4, 0.5) is 0 Å². The van der Waals surface area contributed by atoms with Crippen molar-refractivity contribution < 1.29 is 4.42 Å². The van der Waals surface area contributed by atoms with Gasteiger partial charge >= 0.3 is 0 Å². The van der Waals surface area contributed by atoms with Crippen LogP contribution in [0.2, 0.25) is 0 Å². The molecule has 0 aliphatic carbocycles. The zero-order valence-electron chi connectivity index (χ0n) is 29.6. The van der Waals surface area contributed by atoms with Crippen LogP contribution in [0.25, 0.3) is 111 Å². The fraction of sp³-hybridized carbons (Fsp3) is 0. The molecular weight excluding hydrogens is 671 g/mol. The standard InChI is InChI=1S/C51H31N3O/c1-3-12-32(13-4-1)33-22-24-34(25-23-33)38-20-11-21-46-48(38)44-29-27-37(31-47(44)55-46)51-53-49(35-14-5-2-6-15-35)52-50(54-51)36-26-28-43-41-18-8-7-16-39(41)40-17-9-10-19-42(40)45(43)30-36/h1-31H. The fourth-order valence-electron chi connectivity index (χ4n) is 8.08. The van der Waals surface area contributed by atoms with Crippen LogP contribution in [-0.2, 0) is 0 Å². The number of aromatic nitrogens is 3. The molecule has 0 atom stereocenters. The van der Waals surface area contributed by atoms with E-state index in [0.29, 0.717) is 17.5 Å². The number of fused-ring (bicyclic) bond motifs is 9. The monoisotopic (exact) mass is 701 g/mol. The summed E-state index contributed by atoms with van der Waals surface area (Å²) in [7, 11) is 0. The van der Waals surface area contributed by atoms with Crippen LogP contribution < -0.4 is 0 Å². The Kier molecular flexibility index (Phi) is 7.14. The molecule has 4 nitrogen and oxygen atoms in total. The Hall–Kier alpha value is -7.43. The molecule has 0 aliphatic rings. The van der Waals surface area contributed by atoms with Crippen LogP contribution >= 0.6 is 0 Å². The Morgan fingerprint density at radius 3 is 1.36 bits per heavy atom. The molecule has 0 saturated carbocycles. The molecule has 55 heavy (non-hydrogen) atoms. The number of furan rings is 1. The molecule has 2 heterocycles. The summed E-state index contributed by atoms with van der Waals surface area (Å²) < 4.78 is 6.55. The highest BCUT2D eigenvalue weighted by Gasteiger charge is 2.18. The molecule has 256 valence electrons. The summed E-state index contributed by atoms with van der Waals surface area (Å²) in [5.74, 6) is 1.83. The summed E-state index contributed by atoms with van der Waals surface area (Å²) in [6.07, 6.45) is 0. The molecule has 0 aliphatic heterocycles. The zero-order chi connectivity index (χ0) is 36.3. The van der Waals surface area contributed by atoms with Gasteiger partial charge in [0.2, 0.25) is 0 Å². The zero-order valence-corrected chi connectivity index (χ0v) is 29.6. The van der Waals surface area contributed by atoms with Gasteiger partial charge in [0.05, 0.1) is 0 Å². The van der Waals surface area contributed by atoms with Gasteiger partial charge in [0.15, 0.2) is 17.5 Å². The number of hydrogen-bond donors (Lipinski definition) is 0. The van der Waals surface area contributed by atoms with Crippen molar-refractivity contribution >= 4 is 54.3 Å². The van der Waals surface area contributed by atoms with E-state index in [-0.39, 0.29) is 0 Å². The molecule has 0 saturated heterocycles. The highest BCUT2D eigenvalue weighted by atomic mass is 16.3. The summed E-state index contributed by atoms with van der Waals surface area (Å²) in [5.41, 5.74) is 9.01. The van der Waals surface area contributed by atoms with E-state index < -0.39 is 0 Å². The van der Waals surface area contributed by atoms with Crippen molar-refractivity contribution in [3.63, 3.8) is 0 Å². The van der Waals surface area contributed by atoms with Crippen molar-refractivity contribution in [2.45, 2.75) is 0 Å². The van der Waals surface area contributed by atoms with Crippen molar-refractivity contribution in [3.05, 3.63) is 188 Å². The predicted octanol–water partition coefficient (Wildman–Crippen LogP) is 13.6. The van der Waals surface area contributed by atoms with Crippen LogP contribution in [0.3, 0.4) is 0 Å². The van der Waals surface area contributed by atoms with Crippen LogP contribution in [0.1, 0.15) is 0 Å². The molecule has 4 heteroatoms. The van der Waals surface area contributed by atoms with Crippen molar-refractivity contribution in [2.75, 3.05) is 0 Å². The normalized spacial score (nSPS) is 11.6. The minimum absolute atomic E-state index is 0.589. The maximum atomic E-state index is 6.55. The molecule has 2 aromatic heterocycles. The van der Waals surface area contributed by atoms with Crippen molar-refractivity contribution in [3.8, 4) is 56.4 Å². The first-order chi connectivity index (χ1) is 27.2. The van der Waals surface area contributed by atoms with Gasteiger partial charge in [0.25, 0.3) is 0 Å². The lowest BCUT2D eigenvalue weighted by atomic mass is 9.93. The van der Waals surface area contributed by atoms with Gasteiger partial charge in [-0.15, -0.1) is 0 Å². The van der Waals surface area contributed by atoms with Crippen LogP contribution in [0, 0.1) is 0 Å². The maximum Gasteiger partial charge on any atom is 0.164 e. The summed E-state index contributed by atoms with van der Waals surface area (Å²) in [5, 5.41) is 9.44. The predicted molar refractivity (Wildman–Crippen MR) is 227 cm³/mol. The minimum Gasteiger partial charge on any atom is -0.456 e. The van der Waals surface area contributed by atoms with Gasteiger partial charge in [-0.2, -0.15) is 0 Å². The highest BCUT2D eigenvalue weighted by molar-refractivity contribution is 6.25. The molecule has 11 aromatic rings. The van der Waals surface area contributed by atoms with E-state index in [0.717, 1.165) is 49.8 Å². The van der Waals surface area contributed by atoms with Crippen LogP contribution in [-0.4, -0.2) is 15.0 Å². The van der Waals surface area contributed by atoms with Crippen molar-refractivity contribution in [2.24, 2.45) is 0 Å². The second-order valence-electron chi connectivity index (χ2n) is 14.0. The summed E-state index contributed by atoms with van der Waals surface area (Å²) in [4.78, 5) is 15.3. The molecule has 11 rings (SSSR count). The van der Waals surface area contributed by atoms with Gasteiger partial charge in [0, 0.05) is 27.5 Å². The summed E-state index contributed by atoms with van der Waals surface area (Å²) in [6.45, 7) is 0. The van der Waals surface area contributed by atoms with Gasteiger partial charge in [-0.3, -0.25) is 0 Å². The third kappa shape index (κ3) is 5.26. The van der Waals surface area contributed by atoms with Crippen LogP contribution in [0.5, 0.6) is 0 Å². The Bertz CT molecular complexity index is 3210. The lowest BCUT2D eigenvalue weighted by Gasteiger charge is -2.12. The quantitative estimate of drug-likeness (QED) is 0.168. The minimum atomic E-state index is 0.589. The summed E-state index contributed by atoms with van der Waals surface area (Å²) >= 11 is 0. The van der Waals surface area contributed by atoms with Gasteiger partial charge in [-0.05, 0) is 78.8 Å². The molecule has 0 spiro atoms. The molecule has 0 unspecified atom stereocenters. The van der Waals surface area contributed by atoms with Crippen molar-refractivity contribution in [1.82, 2.24) is 15.0 Å². The van der Waals surface area contributed by atoms with Crippen molar-refractivity contribution in [1.29, 1.82) is 0 Å². The van der Waals surface area contributed by atoms with E-state index in [1.54, 1.807) is 0 Å². The van der Waals surface area contributed by atoms with E-state index in [9.17, 15) is 0 Å². The first-order valence-corrected chi connectivity index (χ1v) is 18.5. The Morgan fingerprint density at radius 1 is 0.273 bits per heavy atom. The Labute approximate surface area is 317 Å². The topological polar surface area (TPSA) is 51.8 Å². The third-order valence-electron chi connectivity index (χ3n) is 10.7. The Morgan fingerprint density at radius 2 is 0.727 bits per heavy atom. The lowest BCUT2D eigenvalue weighted by molar-refractivity contribution is 0.669. The number of rotatable bonds is 5. The molecule has 0 N–H and O–H groups in total. The molecule has 0 amide bonds. The van der Waals surface area contributed by atoms with E-state index in [4.69, 9.17) is 19.4 Å². The second kappa shape index (κ2) is 12.6. The van der Waals surface area contributed by atoms with E-state index >= 15 is 0 Å². The van der Waals surface area contributed by atoms with Gasteiger partial charge < -0.3 is 4.42 Å². The van der Waals surface area contributed by atoms with Gasteiger partial charge in [0.1, 0.15) is 11.2 Å². The SMILES string of the molecule is c1ccc(-c2ccc(-c3cccc4oc5cc(-c6nc(-c7ccccc7)nc(-c7ccc8c9ccccc9c9ccccc9c8c7)n6)ccc5c34)cc2)cc1. The lowest BCUT2D eigenvalue weighted by Crippen LogP contribution is -2.00. The number of nitrogens with zero attached hydrogens (tertiary/aromatic N) is 3. The molecule has 0 fully saturated rings. The largest absolute Gasteiger partial charge is 0.456 e. The Balaban J connectivity index is 1.05. The van der Waals surface area contributed by atoms with Gasteiger partial charge in [-0.25, -0.2) is 15.0 Å². The van der Waals surface area contributed by atoms with E-state index in [1.165, 1.54) is 43.4 Å².